The smallest absolute Gasteiger partial charge is 0.326 e. The number of likely N-dealkylation sites (N-methyl/N-ethyl adjacent to an activating group) is 1. The number of imide groups is 1. The highest BCUT2D eigenvalue weighted by molar-refractivity contribution is 6.28. The molecule has 4 amide bonds. The number of alkyl halides is 1. The SMILES string of the molecule is C[C@H]1c2ccc(NC(=O)NC(=O)CCl)c(O)c2C(O)=C2C(=O)[C@]3(O)C(O)=C(C(N)=O)C(=O)[C@@H](N(C)C)[C@@H]3[C@@H](O)[C@@H]21. The number of amides is 4. The number of fused-ring (bicyclic) bond motifs is 3. The molecule has 1 aromatic rings. The Kier molecular flexibility index (Phi) is 7.17. The van der Waals surface area contributed by atoms with E-state index >= 15 is 0 Å². The minimum Gasteiger partial charge on any atom is -0.508 e. The van der Waals surface area contributed by atoms with Gasteiger partial charge in [-0.05, 0) is 31.6 Å². The molecule has 3 aliphatic rings. The number of urea groups is 1. The van der Waals surface area contributed by atoms with Crippen molar-refractivity contribution in [3.63, 3.8) is 0 Å². The molecule has 0 radical (unpaired) electrons. The van der Waals surface area contributed by atoms with Crippen LogP contribution >= 0.6 is 11.6 Å². The maximum absolute atomic E-state index is 13.9. The predicted molar refractivity (Wildman–Crippen MR) is 138 cm³/mol. The number of nitrogens with one attached hydrogen (secondary N) is 2. The van der Waals surface area contributed by atoms with Crippen LogP contribution in [0.1, 0.15) is 24.0 Å². The Balaban J connectivity index is 1.93. The van der Waals surface area contributed by atoms with Gasteiger partial charge in [-0.25, -0.2) is 4.79 Å². The molecule has 0 bridgehead atoms. The Hall–Kier alpha value is -3.98. The van der Waals surface area contributed by atoms with Crippen LogP contribution in [0.3, 0.4) is 0 Å². The second-order valence-corrected chi connectivity index (χ2v) is 10.4. The number of hydrogen-bond acceptors (Lipinski definition) is 11. The monoisotopic (exact) mass is 578 g/mol. The van der Waals surface area contributed by atoms with Crippen molar-refractivity contribution in [3.8, 4) is 5.75 Å². The van der Waals surface area contributed by atoms with Crippen molar-refractivity contribution in [2.45, 2.75) is 30.6 Å². The number of phenols is 1. The van der Waals surface area contributed by atoms with Crippen LogP contribution in [0.2, 0.25) is 0 Å². The number of benzene rings is 1. The van der Waals surface area contributed by atoms with Crippen molar-refractivity contribution in [2.24, 2.45) is 17.6 Å². The average Bonchev–Trinajstić information content (AvgIpc) is 2.87. The normalized spacial score (nSPS) is 29.5. The molecule has 214 valence electrons. The molecule has 4 rings (SSSR count). The van der Waals surface area contributed by atoms with Gasteiger partial charge < -0.3 is 36.6 Å². The summed E-state index contributed by atoms with van der Waals surface area (Å²) < 4.78 is 0. The summed E-state index contributed by atoms with van der Waals surface area (Å²) in [5.74, 6) is -11.7. The Bertz CT molecular complexity index is 1440. The summed E-state index contributed by atoms with van der Waals surface area (Å²) in [5, 5.41) is 60.5. The van der Waals surface area contributed by atoms with Crippen molar-refractivity contribution >= 4 is 52.5 Å². The number of aromatic hydroxyl groups is 1. The van der Waals surface area contributed by atoms with Crippen LogP contribution < -0.4 is 16.4 Å². The van der Waals surface area contributed by atoms with Crippen molar-refractivity contribution < 1.29 is 49.5 Å². The number of nitrogens with two attached hydrogens (primary N) is 1. The highest BCUT2D eigenvalue weighted by Gasteiger charge is 2.68. The molecule has 0 aromatic heterocycles. The van der Waals surface area contributed by atoms with Gasteiger partial charge in [-0.3, -0.25) is 29.4 Å². The first-order valence-electron chi connectivity index (χ1n) is 12.0. The zero-order chi connectivity index (χ0) is 30.0. The molecule has 15 heteroatoms. The first-order valence-corrected chi connectivity index (χ1v) is 12.5. The summed E-state index contributed by atoms with van der Waals surface area (Å²) in [7, 11) is 2.82. The zero-order valence-corrected chi connectivity index (χ0v) is 22.2. The zero-order valence-electron chi connectivity index (χ0n) is 21.4. The largest absolute Gasteiger partial charge is 0.508 e. The molecule has 0 unspecified atom stereocenters. The van der Waals surface area contributed by atoms with E-state index < -0.39 is 99.2 Å². The van der Waals surface area contributed by atoms with Crippen LogP contribution in [-0.2, 0) is 19.2 Å². The van der Waals surface area contributed by atoms with E-state index in [0.29, 0.717) is 0 Å². The number of rotatable bonds is 4. The Labute approximate surface area is 231 Å². The van der Waals surface area contributed by atoms with Crippen molar-refractivity contribution in [2.75, 3.05) is 25.3 Å². The number of Topliss-reactive ketones (excluding diaryl/α,β-unsaturated/α-hetero) is 2. The van der Waals surface area contributed by atoms with Gasteiger partial charge in [0.15, 0.2) is 11.4 Å². The van der Waals surface area contributed by atoms with Gasteiger partial charge >= 0.3 is 6.03 Å². The number of carbonyl (C=O) groups is 5. The molecule has 40 heavy (non-hydrogen) atoms. The van der Waals surface area contributed by atoms with Crippen LogP contribution in [0.15, 0.2) is 29.0 Å². The van der Waals surface area contributed by atoms with Gasteiger partial charge in [0.25, 0.3) is 5.91 Å². The fourth-order valence-electron chi connectivity index (χ4n) is 6.03. The standard InChI is InChI=1S/C25H27ClN4O10/c1-7-8-4-5-9(28-24(39)29-10(31)6-26)17(32)12(8)18(33)13-11(7)19(34)15-16(30(2)3)20(35)14(23(27)38)22(37)25(15,40)21(13)36/h4-5,7,11,15-16,19,32-34,37,40H,6H2,1-3H3,(H2,27,38)(H2,28,29,31,39)/t7-,11+,15+,16-,19-,25-/m0/s1. The maximum atomic E-state index is 13.9. The quantitative estimate of drug-likeness (QED) is 0.127. The first kappa shape index (κ1) is 29.0. The van der Waals surface area contributed by atoms with E-state index in [1.165, 1.54) is 31.1 Å². The molecule has 1 fully saturated rings. The van der Waals surface area contributed by atoms with Gasteiger partial charge in [0.1, 0.15) is 28.7 Å². The molecule has 9 N–H and O–H groups in total. The lowest BCUT2D eigenvalue weighted by Gasteiger charge is -2.53. The third kappa shape index (κ3) is 3.94. The molecule has 0 spiro atoms. The molecule has 6 atom stereocenters. The summed E-state index contributed by atoms with van der Waals surface area (Å²) in [6, 6.07) is 0.157. The predicted octanol–water partition coefficient (Wildman–Crippen LogP) is -0.617. The number of ketones is 2. The summed E-state index contributed by atoms with van der Waals surface area (Å²) in [6.45, 7) is 1.56. The van der Waals surface area contributed by atoms with E-state index in [2.05, 4.69) is 5.32 Å². The Morgan fingerprint density at radius 1 is 1.15 bits per heavy atom. The van der Waals surface area contributed by atoms with E-state index in [1.807, 2.05) is 5.32 Å². The molecule has 1 saturated carbocycles. The number of aliphatic hydroxyl groups excluding tert-OH is 3. The summed E-state index contributed by atoms with van der Waals surface area (Å²) >= 11 is 5.36. The van der Waals surface area contributed by atoms with E-state index in [9.17, 15) is 49.5 Å². The Morgan fingerprint density at radius 3 is 2.33 bits per heavy atom. The molecule has 0 aliphatic heterocycles. The number of halogens is 1. The molecule has 14 nitrogen and oxygen atoms in total. The summed E-state index contributed by atoms with van der Waals surface area (Å²) in [4.78, 5) is 64.0. The molecular formula is C25H27ClN4O10. The van der Waals surface area contributed by atoms with Crippen molar-refractivity contribution in [1.82, 2.24) is 10.2 Å². The maximum Gasteiger partial charge on any atom is 0.326 e. The minimum atomic E-state index is -3.04. The first-order chi connectivity index (χ1) is 18.6. The van der Waals surface area contributed by atoms with Crippen molar-refractivity contribution in [3.05, 3.63) is 40.2 Å². The number of nitrogens with zero attached hydrogens (tertiary/aromatic N) is 1. The highest BCUT2D eigenvalue weighted by Crippen LogP contribution is 2.56. The summed E-state index contributed by atoms with van der Waals surface area (Å²) in [6.07, 6.45) is -1.73. The number of hydrogen-bond donors (Lipinski definition) is 8. The topological polar surface area (TPSA) is 240 Å². The van der Waals surface area contributed by atoms with Crippen LogP contribution in [0.25, 0.3) is 5.76 Å². The van der Waals surface area contributed by atoms with Gasteiger partial charge in [0.2, 0.25) is 11.7 Å². The average molecular weight is 579 g/mol. The number of aliphatic hydroxyl groups is 4. The van der Waals surface area contributed by atoms with E-state index in [1.54, 1.807) is 6.92 Å². The van der Waals surface area contributed by atoms with Crippen LogP contribution in [0, 0.1) is 11.8 Å². The molecule has 1 aromatic carbocycles. The number of primary amides is 1. The van der Waals surface area contributed by atoms with Crippen molar-refractivity contribution in [1.29, 1.82) is 0 Å². The van der Waals surface area contributed by atoms with Crippen LogP contribution in [0.4, 0.5) is 10.5 Å². The van der Waals surface area contributed by atoms with E-state index in [0.717, 1.165) is 0 Å². The third-order valence-corrected chi connectivity index (χ3v) is 7.99. The van der Waals surface area contributed by atoms with Gasteiger partial charge in [-0.2, -0.15) is 0 Å². The fraction of sp³-hybridized carbons (Fsp3) is 0.400. The second-order valence-electron chi connectivity index (χ2n) is 10.1. The van der Waals surface area contributed by atoms with Crippen LogP contribution in [0.5, 0.6) is 5.75 Å². The van der Waals surface area contributed by atoms with Gasteiger partial charge in [-0.1, -0.05) is 13.0 Å². The lowest BCUT2D eigenvalue weighted by atomic mass is 9.54. The molecule has 0 heterocycles. The number of carbonyl (C=O) groups excluding carboxylic acids is 5. The minimum absolute atomic E-state index is 0.241. The van der Waals surface area contributed by atoms with Gasteiger partial charge in [0.05, 0.1) is 29.3 Å². The van der Waals surface area contributed by atoms with E-state index in [4.69, 9.17) is 17.3 Å². The molecular weight excluding hydrogens is 552 g/mol. The van der Waals surface area contributed by atoms with E-state index in [-0.39, 0.29) is 16.8 Å². The van der Waals surface area contributed by atoms with Gasteiger partial charge in [0, 0.05) is 11.5 Å². The number of anilines is 1. The Morgan fingerprint density at radius 2 is 1.77 bits per heavy atom. The highest BCUT2D eigenvalue weighted by atomic mass is 35.5. The second kappa shape index (κ2) is 9.89. The molecule has 3 aliphatic carbocycles. The summed E-state index contributed by atoms with van der Waals surface area (Å²) in [5.41, 5.74) is 0.288. The lowest BCUT2D eigenvalue weighted by molar-refractivity contribution is -0.169. The van der Waals surface area contributed by atoms with Gasteiger partial charge in [-0.15, -0.1) is 11.6 Å². The van der Waals surface area contributed by atoms with Crippen LogP contribution in [-0.4, -0.2) is 97.6 Å². The lowest BCUT2D eigenvalue weighted by Crippen LogP contribution is -2.70. The third-order valence-electron chi connectivity index (χ3n) is 7.75. The number of phenolic OH excluding ortho intramolecular Hbond substituents is 1. The molecule has 0 saturated heterocycles. The fourth-order valence-corrected chi connectivity index (χ4v) is 6.10.